The van der Waals surface area contributed by atoms with Crippen LogP contribution >= 0.6 is 0 Å². The Morgan fingerprint density at radius 2 is 1.65 bits per heavy atom. The van der Waals surface area contributed by atoms with Crippen LogP contribution in [-0.2, 0) is 35.3 Å². The van der Waals surface area contributed by atoms with Crippen LogP contribution in [0.15, 0.2) is 30.3 Å². The van der Waals surface area contributed by atoms with Crippen LogP contribution in [0, 0.1) is 17.8 Å². The Bertz CT molecular complexity index is 859. The van der Waals surface area contributed by atoms with Crippen molar-refractivity contribution in [2.24, 2.45) is 23.5 Å². The lowest BCUT2D eigenvalue weighted by atomic mass is 9.91. The van der Waals surface area contributed by atoms with E-state index in [-0.39, 0.29) is 43.7 Å². The third-order valence-electron chi connectivity index (χ3n) is 6.61. The molecule has 0 aromatic heterocycles. The molecule has 0 bridgehead atoms. The first-order valence-electron chi connectivity index (χ1n) is 14.2. The number of ether oxygens (including phenoxy) is 1. The van der Waals surface area contributed by atoms with E-state index in [1.807, 2.05) is 51.1 Å². The number of primary amides is 1. The summed E-state index contributed by atoms with van der Waals surface area (Å²) in [6.07, 6.45) is 8.33. The molecule has 3 atom stereocenters. The largest absolute Gasteiger partial charge is 0.372 e. The molecule has 2 rings (SSSR count). The number of carbonyl (C=O) groups is 5. The number of nitrogens with one attached hydrogen (secondary N) is 3. The highest BCUT2D eigenvalue weighted by Gasteiger charge is 2.25. The second kappa shape index (κ2) is 22.5. The van der Waals surface area contributed by atoms with Gasteiger partial charge in [-0.2, -0.15) is 0 Å². The number of nitrogens with two attached hydrogens (primary N) is 1. The van der Waals surface area contributed by atoms with E-state index in [2.05, 4.69) is 28.6 Å². The van der Waals surface area contributed by atoms with Crippen LogP contribution in [-0.4, -0.2) is 56.2 Å². The SMILES string of the molecule is CC1CCCCC1.CCC(CC(C=O)NC(=O)CNC(=O)C(OCc1ccccc1)C(C)C)C(=O)NC.NC=O. The van der Waals surface area contributed by atoms with Crippen molar-refractivity contribution in [1.29, 1.82) is 0 Å². The summed E-state index contributed by atoms with van der Waals surface area (Å²) >= 11 is 0. The van der Waals surface area contributed by atoms with Gasteiger partial charge in [0.1, 0.15) is 12.4 Å². The average molecular weight is 563 g/mol. The molecule has 40 heavy (non-hydrogen) atoms. The van der Waals surface area contributed by atoms with E-state index in [0.717, 1.165) is 11.5 Å². The van der Waals surface area contributed by atoms with E-state index >= 15 is 0 Å². The van der Waals surface area contributed by atoms with E-state index in [0.29, 0.717) is 12.7 Å². The van der Waals surface area contributed by atoms with Crippen LogP contribution in [0.4, 0.5) is 0 Å². The topological polar surface area (TPSA) is 157 Å². The lowest BCUT2D eigenvalue weighted by Crippen LogP contribution is -2.47. The molecule has 226 valence electrons. The summed E-state index contributed by atoms with van der Waals surface area (Å²) in [5, 5.41) is 7.66. The summed E-state index contributed by atoms with van der Waals surface area (Å²) in [5.41, 5.74) is 5.11. The number of hydrogen-bond acceptors (Lipinski definition) is 6. The standard InChI is InChI=1S/C22H33N3O5.C7H14.CH3NO/c1-5-17(21(28)23-4)11-18(13-26)25-19(27)12-24-22(29)20(15(2)3)30-14-16-9-7-6-8-10-16;1-7-5-3-2-4-6-7;2-1-3/h6-10,13,15,17-18,20H,5,11-12,14H2,1-4H3,(H,23,28)(H,24,29)(H,25,27);7H,2-6H2,1H3;1H,(H2,2,3). The minimum absolute atomic E-state index is 0.0858. The van der Waals surface area contributed by atoms with Crippen molar-refractivity contribution < 1.29 is 28.7 Å². The first kappa shape index (κ1) is 36.7. The smallest absolute Gasteiger partial charge is 0.249 e. The lowest BCUT2D eigenvalue weighted by Gasteiger charge is -2.22. The van der Waals surface area contributed by atoms with Gasteiger partial charge in [0.15, 0.2) is 0 Å². The van der Waals surface area contributed by atoms with E-state index in [1.54, 1.807) is 0 Å². The van der Waals surface area contributed by atoms with Gasteiger partial charge in [-0.25, -0.2) is 0 Å². The Morgan fingerprint density at radius 3 is 2.10 bits per heavy atom. The summed E-state index contributed by atoms with van der Waals surface area (Å²) < 4.78 is 5.75. The molecule has 1 aromatic rings. The minimum Gasteiger partial charge on any atom is -0.372 e. The number of hydrogen-bond donors (Lipinski definition) is 4. The van der Waals surface area contributed by atoms with Gasteiger partial charge in [0.25, 0.3) is 0 Å². The first-order valence-corrected chi connectivity index (χ1v) is 14.2. The molecule has 3 unspecified atom stereocenters. The molecule has 10 heteroatoms. The van der Waals surface area contributed by atoms with Crippen LogP contribution in [0.5, 0.6) is 0 Å². The van der Waals surface area contributed by atoms with Crippen LogP contribution in [0.2, 0.25) is 0 Å². The second-order valence-electron chi connectivity index (χ2n) is 10.3. The molecule has 10 nitrogen and oxygen atoms in total. The second-order valence-corrected chi connectivity index (χ2v) is 10.3. The molecule has 0 spiro atoms. The quantitative estimate of drug-likeness (QED) is 0.271. The fourth-order valence-electron chi connectivity index (χ4n) is 4.28. The van der Waals surface area contributed by atoms with Gasteiger partial charge < -0.3 is 31.2 Å². The van der Waals surface area contributed by atoms with Crippen molar-refractivity contribution in [2.45, 2.75) is 91.4 Å². The van der Waals surface area contributed by atoms with Crippen molar-refractivity contribution in [2.75, 3.05) is 13.6 Å². The normalized spacial score (nSPS) is 15.1. The maximum Gasteiger partial charge on any atom is 0.249 e. The van der Waals surface area contributed by atoms with Gasteiger partial charge in [0.05, 0.1) is 19.2 Å². The van der Waals surface area contributed by atoms with Crippen molar-refractivity contribution in [1.82, 2.24) is 16.0 Å². The minimum atomic E-state index is -0.799. The number of rotatable bonds is 13. The molecule has 1 aliphatic carbocycles. The highest BCUT2D eigenvalue weighted by molar-refractivity contribution is 5.88. The van der Waals surface area contributed by atoms with Gasteiger partial charge in [-0.15, -0.1) is 0 Å². The molecule has 0 heterocycles. The summed E-state index contributed by atoms with van der Waals surface area (Å²) in [6.45, 7) is 7.93. The Labute approximate surface area is 239 Å². The molecule has 1 aromatic carbocycles. The summed E-state index contributed by atoms with van der Waals surface area (Å²) in [5.74, 6) is -0.501. The molecule has 0 aliphatic heterocycles. The summed E-state index contributed by atoms with van der Waals surface area (Å²) in [7, 11) is 1.53. The van der Waals surface area contributed by atoms with E-state index in [1.165, 1.54) is 39.2 Å². The number of amides is 4. The summed E-state index contributed by atoms with van der Waals surface area (Å²) in [6, 6.07) is 8.70. The predicted octanol–water partition coefficient (Wildman–Crippen LogP) is 2.88. The Hall–Kier alpha value is -3.27. The van der Waals surface area contributed by atoms with Crippen LogP contribution < -0.4 is 21.7 Å². The van der Waals surface area contributed by atoms with E-state index < -0.39 is 24.0 Å². The van der Waals surface area contributed by atoms with Crippen molar-refractivity contribution in [3.05, 3.63) is 35.9 Å². The highest BCUT2D eigenvalue weighted by atomic mass is 16.5. The van der Waals surface area contributed by atoms with Crippen LogP contribution in [0.3, 0.4) is 0 Å². The zero-order valence-electron chi connectivity index (χ0n) is 24.8. The van der Waals surface area contributed by atoms with Gasteiger partial charge in [0.2, 0.25) is 24.1 Å². The van der Waals surface area contributed by atoms with Crippen molar-refractivity contribution >= 4 is 30.4 Å². The maximum absolute atomic E-state index is 12.5. The lowest BCUT2D eigenvalue weighted by molar-refractivity contribution is -0.138. The molecule has 4 amide bonds. The van der Waals surface area contributed by atoms with Gasteiger partial charge in [-0.05, 0) is 30.2 Å². The zero-order valence-corrected chi connectivity index (χ0v) is 24.8. The van der Waals surface area contributed by atoms with Crippen LogP contribution in [0.25, 0.3) is 0 Å². The molecular weight excluding hydrogens is 512 g/mol. The third kappa shape index (κ3) is 16.6. The number of benzene rings is 1. The monoisotopic (exact) mass is 562 g/mol. The Morgan fingerprint density at radius 1 is 1.05 bits per heavy atom. The maximum atomic E-state index is 12.5. The molecule has 0 saturated heterocycles. The number of carbonyl (C=O) groups excluding carboxylic acids is 5. The third-order valence-corrected chi connectivity index (χ3v) is 6.61. The van der Waals surface area contributed by atoms with Gasteiger partial charge in [-0.1, -0.05) is 90.1 Å². The highest BCUT2D eigenvalue weighted by Crippen LogP contribution is 2.22. The van der Waals surface area contributed by atoms with Crippen molar-refractivity contribution in [3.8, 4) is 0 Å². The summed E-state index contributed by atoms with van der Waals surface area (Å²) in [4.78, 5) is 56.3. The van der Waals surface area contributed by atoms with Crippen molar-refractivity contribution in [3.63, 3.8) is 0 Å². The van der Waals surface area contributed by atoms with E-state index in [9.17, 15) is 19.2 Å². The van der Waals surface area contributed by atoms with E-state index in [4.69, 9.17) is 9.53 Å². The molecule has 1 aliphatic rings. The molecule has 0 radical (unpaired) electrons. The van der Waals surface area contributed by atoms with Gasteiger partial charge in [0, 0.05) is 13.0 Å². The molecular formula is C30H50N4O6. The van der Waals surface area contributed by atoms with Crippen LogP contribution in [0.1, 0.15) is 78.2 Å². The molecule has 5 N–H and O–H groups in total. The first-order chi connectivity index (χ1) is 19.1. The number of aldehydes is 1. The Balaban J connectivity index is 0.00000127. The Kier molecular flexibility index (Phi) is 20.7. The van der Waals surface area contributed by atoms with Gasteiger partial charge in [-0.3, -0.25) is 19.2 Å². The molecule has 1 saturated carbocycles. The van der Waals surface area contributed by atoms with Gasteiger partial charge >= 0.3 is 0 Å². The predicted molar refractivity (Wildman–Crippen MR) is 156 cm³/mol. The molecule has 1 fully saturated rings. The fourth-order valence-corrected chi connectivity index (χ4v) is 4.28. The average Bonchev–Trinajstić information content (AvgIpc) is 2.95. The fraction of sp³-hybridized carbons (Fsp3) is 0.633. The zero-order chi connectivity index (χ0) is 30.3.